The lowest BCUT2D eigenvalue weighted by molar-refractivity contribution is -0.156. The van der Waals surface area contributed by atoms with Crippen LogP contribution in [-0.2, 0) is 35.1 Å². The Bertz CT molecular complexity index is 1120. The van der Waals surface area contributed by atoms with Crippen LogP contribution >= 0.6 is 15.9 Å². The molecule has 2 aromatic rings. The number of rotatable bonds is 7. The van der Waals surface area contributed by atoms with Crippen molar-refractivity contribution in [3.8, 4) is 0 Å². The molecule has 0 aliphatic rings. The molecule has 0 saturated heterocycles. The van der Waals surface area contributed by atoms with E-state index in [4.69, 9.17) is 18.9 Å². The smallest absolute Gasteiger partial charge is 0.339 e. The number of benzene rings is 2. The van der Waals surface area contributed by atoms with E-state index in [0.717, 1.165) is 7.11 Å². The van der Waals surface area contributed by atoms with Gasteiger partial charge in [0.15, 0.2) is 5.92 Å². The van der Waals surface area contributed by atoms with Gasteiger partial charge >= 0.3 is 23.9 Å². The summed E-state index contributed by atoms with van der Waals surface area (Å²) in [7, 11) is 1.16. The monoisotopic (exact) mass is 562 g/mol. The van der Waals surface area contributed by atoms with Crippen LogP contribution in [0.15, 0.2) is 46.9 Å². The van der Waals surface area contributed by atoms with Gasteiger partial charge in [-0.1, -0.05) is 28.1 Å². The third kappa shape index (κ3) is 8.48. The molecular formula is C27H31BrO8. The van der Waals surface area contributed by atoms with Gasteiger partial charge in [-0.2, -0.15) is 0 Å². The number of ether oxygens (including phenoxy) is 4. The highest BCUT2D eigenvalue weighted by Gasteiger charge is 2.32. The van der Waals surface area contributed by atoms with Gasteiger partial charge in [0.05, 0.1) is 18.2 Å². The van der Waals surface area contributed by atoms with Crippen LogP contribution in [-0.4, -0.2) is 42.2 Å². The maximum Gasteiger partial charge on any atom is 0.339 e. The Labute approximate surface area is 219 Å². The molecule has 0 saturated carbocycles. The summed E-state index contributed by atoms with van der Waals surface area (Å²) in [5.74, 6) is -4.19. The molecule has 2 rings (SSSR count). The molecule has 8 nitrogen and oxygen atoms in total. The first-order valence-corrected chi connectivity index (χ1v) is 12.0. The van der Waals surface area contributed by atoms with E-state index >= 15 is 0 Å². The fourth-order valence-electron chi connectivity index (χ4n) is 3.08. The van der Waals surface area contributed by atoms with E-state index in [1.165, 1.54) is 24.3 Å². The minimum atomic E-state index is -1.39. The Kier molecular flexibility index (Phi) is 9.43. The van der Waals surface area contributed by atoms with Crippen molar-refractivity contribution in [3.05, 3.63) is 69.2 Å². The number of carbonyl (C=O) groups excluding carboxylic acids is 4. The van der Waals surface area contributed by atoms with Crippen LogP contribution in [0.1, 0.15) is 79.3 Å². The van der Waals surface area contributed by atoms with Gasteiger partial charge in [-0.15, -0.1) is 0 Å². The van der Waals surface area contributed by atoms with Crippen molar-refractivity contribution >= 4 is 39.8 Å². The van der Waals surface area contributed by atoms with E-state index in [1.807, 2.05) is 0 Å². The van der Waals surface area contributed by atoms with Crippen LogP contribution in [0.5, 0.6) is 0 Å². The summed E-state index contributed by atoms with van der Waals surface area (Å²) < 4.78 is 21.7. The van der Waals surface area contributed by atoms with Crippen molar-refractivity contribution in [3.63, 3.8) is 0 Å². The number of hydrogen-bond donors (Lipinski definition) is 0. The third-order valence-corrected chi connectivity index (χ3v) is 5.10. The van der Waals surface area contributed by atoms with Crippen molar-refractivity contribution in [2.75, 3.05) is 7.11 Å². The average Bonchev–Trinajstić information content (AvgIpc) is 2.75. The van der Waals surface area contributed by atoms with Gasteiger partial charge in [-0.05, 0) is 77.4 Å². The Balaban J connectivity index is 2.25. The van der Waals surface area contributed by atoms with Crippen LogP contribution < -0.4 is 0 Å². The molecule has 0 fully saturated rings. The van der Waals surface area contributed by atoms with Gasteiger partial charge < -0.3 is 18.9 Å². The Hall–Kier alpha value is -3.20. The first-order valence-electron chi connectivity index (χ1n) is 11.2. The quantitative estimate of drug-likeness (QED) is 0.252. The normalized spacial score (nSPS) is 12.3. The highest BCUT2D eigenvalue weighted by Crippen LogP contribution is 2.24. The van der Waals surface area contributed by atoms with Gasteiger partial charge in [-0.25, -0.2) is 9.59 Å². The fraction of sp³-hybridized carbons (Fsp3) is 0.407. The molecule has 36 heavy (non-hydrogen) atoms. The second kappa shape index (κ2) is 11.7. The zero-order chi connectivity index (χ0) is 27.3. The Morgan fingerprint density at radius 3 is 1.89 bits per heavy atom. The highest BCUT2D eigenvalue weighted by atomic mass is 79.9. The van der Waals surface area contributed by atoms with Crippen LogP contribution in [0, 0.1) is 0 Å². The van der Waals surface area contributed by atoms with Gasteiger partial charge in [0.1, 0.15) is 17.8 Å². The summed E-state index contributed by atoms with van der Waals surface area (Å²) in [5, 5.41) is 0. The first kappa shape index (κ1) is 29.0. The molecule has 1 atom stereocenters. The predicted octanol–water partition coefficient (Wildman–Crippen LogP) is 5.36. The summed E-state index contributed by atoms with van der Waals surface area (Å²) in [6.45, 7) is 10.2. The first-order chi connectivity index (χ1) is 16.6. The molecule has 0 bridgehead atoms. The third-order valence-electron chi connectivity index (χ3n) is 4.61. The zero-order valence-electron chi connectivity index (χ0n) is 21.5. The average molecular weight is 563 g/mol. The van der Waals surface area contributed by atoms with Gasteiger partial charge in [0.2, 0.25) is 0 Å². The van der Waals surface area contributed by atoms with Crippen LogP contribution in [0.4, 0.5) is 0 Å². The summed E-state index contributed by atoms with van der Waals surface area (Å²) in [5.41, 5.74) is -0.200. The highest BCUT2D eigenvalue weighted by molar-refractivity contribution is 9.10. The molecule has 0 heterocycles. The van der Waals surface area contributed by atoms with Crippen molar-refractivity contribution in [2.45, 2.75) is 65.3 Å². The van der Waals surface area contributed by atoms with E-state index in [0.29, 0.717) is 10.0 Å². The van der Waals surface area contributed by atoms with E-state index in [9.17, 15) is 19.2 Å². The minimum absolute atomic E-state index is 0.234. The second-order valence-corrected chi connectivity index (χ2v) is 10.9. The van der Waals surface area contributed by atoms with E-state index in [1.54, 1.807) is 59.7 Å². The second-order valence-electron chi connectivity index (χ2n) is 9.99. The molecule has 0 spiro atoms. The molecule has 0 aliphatic carbocycles. The van der Waals surface area contributed by atoms with Crippen LogP contribution in [0.2, 0.25) is 0 Å². The van der Waals surface area contributed by atoms with Crippen molar-refractivity contribution in [2.24, 2.45) is 0 Å². The van der Waals surface area contributed by atoms with Gasteiger partial charge in [0.25, 0.3) is 0 Å². The summed E-state index contributed by atoms with van der Waals surface area (Å²) in [6, 6.07) is 10.7. The lowest BCUT2D eigenvalue weighted by atomic mass is 9.98. The summed E-state index contributed by atoms with van der Waals surface area (Å²) >= 11 is 3.35. The molecular weight excluding hydrogens is 532 g/mol. The van der Waals surface area contributed by atoms with E-state index in [-0.39, 0.29) is 23.3 Å². The Morgan fingerprint density at radius 2 is 1.36 bits per heavy atom. The minimum Gasteiger partial charge on any atom is -0.468 e. The van der Waals surface area contributed by atoms with Gasteiger partial charge in [0, 0.05) is 10.0 Å². The molecule has 0 aliphatic heterocycles. The topological polar surface area (TPSA) is 105 Å². The molecule has 0 N–H and O–H groups in total. The maximum atomic E-state index is 13.0. The largest absolute Gasteiger partial charge is 0.468 e. The van der Waals surface area contributed by atoms with Crippen molar-refractivity contribution in [1.82, 2.24) is 0 Å². The number of carbonyl (C=O) groups is 4. The summed E-state index contributed by atoms with van der Waals surface area (Å²) in [4.78, 5) is 50.3. The number of halogens is 1. The maximum absolute atomic E-state index is 13.0. The number of methoxy groups -OCH3 is 1. The lowest BCUT2D eigenvalue weighted by Crippen LogP contribution is -2.27. The van der Waals surface area contributed by atoms with Crippen molar-refractivity contribution < 1.29 is 38.1 Å². The number of esters is 4. The number of hydrogen-bond acceptors (Lipinski definition) is 8. The van der Waals surface area contributed by atoms with E-state index < -0.39 is 41.0 Å². The molecule has 9 heteroatoms. The standard InChI is InChI=1S/C27H31BrO8/c1-26(2,3)35-22(29)17-10-8-16(9-11-17)21(24(31)33-7)25(32)34-15-18-14-19(28)12-13-20(18)23(30)36-27(4,5)6/h8-14,21H,15H2,1-7H3. The fourth-order valence-corrected chi connectivity index (χ4v) is 3.49. The van der Waals surface area contributed by atoms with Crippen LogP contribution in [0.3, 0.4) is 0 Å². The van der Waals surface area contributed by atoms with Gasteiger partial charge in [-0.3, -0.25) is 9.59 Å². The molecule has 0 radical (unpaired) electrons. The molecule has 0 aromatic heterocycles. The SMILES string of the molecule is COC(=O)C(C(=O)OCc1cc(Br)ccc1C(=O)OC(C)(C)C)c1ccc(C(=O)OC(C)(C)C)cc1. The van der Waals surface area contributed by atoms with E-state index in [2.05, 4.69) is 15.9 Å². The van der Waals surface area contributed by atoms with Crippen molar-refractivity contribution in [1.29, 1.82) is 0 Å². The van der Waals surface area contributed by atoms with Crippen LogP contribution in [0.25, 0.3) is 0 Å². The molecule has 194 valence electrons. The molecule has 0 amide bonds. The lowest BCUT2D eigenvalue weighted by Gasteiger charge is -2.21. The zero-order valence-corrected chi connectivity index (χ0v) is 23.1. The Morgan fingerprint density at radius 1 is 0.806 bits per heavy atom. The summed E-state index contributed by atoms with van der Waals surface area (Å²) in [6.07, 6.45) is 0. The molecule has 2 aromatic carbocycles. The predicted molar refractivity (Wildman–Crippen MR) is 135 cm³/mol. The molecule has 1 unspecified atom stereocenters.